The summed E-state index contributed by atoms with van der Waals surface area (Å²) in [7, 11) is 0. The van der Waals surface area contributed by atoms with Gasteiger partial charge in [-0.1, -0.05) is 0 Å². The predicted octanol–water partition coefficient (Wildman–Crippen LogP) is 1.26. The standard InChI is InChI=1S/C10H10N2O8S/c13-10(14)7-1-3-9(4-2-7)21-6-8(20-12(17)18)5-19-11(15)16/h1-4,8H,5-6H2,(H,13,14). The topological polar surface area (TPSA) is 142 Å². The van der Waals surface area contributed by atoms with E-state index < -0.39 is 28.9 Å². The first kappa shape index (κ1) is 16.5. The third-order valence-corrected chi connectivity index (χ3v) is 3.28. The lowest BCUT2D eigenvalue weighted by atomic mass is 10.2. The van der Waals surface area contributed by atoms with Crippen LogP contribution in [0.2, 0.25) is 0 Å². The fourth-order valence-corrected chi connectivity index (χ4v) is 2.12. The molecule has 0 amide bonds. The maximum Gasteiger partial charge on any atom is 0.335 e. The van der Waals surface area contributed by atoms with Crippen LogP contribution in [0.4, 0.5) is 0 Å². The van der Waals surface area contributed by atoms with E-state index in [9.17, 15) is 25.0 Å². The van der Waals surface area contributed by atoms with Gasteiger partial charge in [0.15, 0.2) is 0 Å². The third kappa shape index (κ3) is 6.42. The van der Waals surface area contributed by atoms with Gasteiger partial charge in [-0.25, -0.2) is 4.79 Å². The second-order valence-corrected chi connectivity index (χ2v) is 4.70. The molecule has 0 aromatic heterocycles. The van der Waals surface area contributed by atoms with Crippen LogP contribution in [-0.4, -0.2) is 39.7 Å². The molecule has 0 fully saturated rings. The van der Waals surface area contributed by atoms with Crippen molar-refractivity contribution >= 4 is 17.7 Å². The number of nitrogens with zero attached hydrogens (tertiary/aromatic N) is 2. The van der Waals surface area contributed by atoms with Crippen LogP contribution in [0.15, 0.2) is 29.2 Å². The summed E-state index contributed by atoms with van der Waals surface area (Å²) in [5.41, 5.74) is 0.106. The van der Waals surface area contributed by atoms with Crippen LogP contribution >= 0.6 is 11.8 Å². The molecule has 0 spiro atoms. The Morgan fingerprint density at radius 3 is 2.33 bits per heavy atom. The molecule has 0 heterocycles. The van der Waals surface area contributed by atoms with Gasteiger partial charge in [0, 0.05) is 10.6 Å². The zero-order chi connectivity index (χ0) is 15.8. The molecule has 1 aromatic rings. The molecule has 0 saturated heterocycles. The number of aromatic carboxylic acids is 1. The van der Waals surface area contributed by atoms with Gasteiger partial charge in [-0.3, -0.25) is 0 Å². The van der Waals surface area contributed by atoms with Crippen LogP contribution < -0.4 is 0 Å². The second kappa shape index (κ2) is 7.89. The summed E-state index contributed by atoms with van der Waals surface area (Å²) < 4.78 is 0. The molecule has 21 heavy (non-hydrogen) atoms. The molecule has 114 valence electrons. The highest BCUT2D eigenvalue weighted by atomic mass is 32.2. The quantitative estimate of drug-likeness (QED) is 0.404. The van der Waals surface area contributed by atoms with Crippen molar-refractivity contribution in [3.05, 3.63) is 50.1 Å². The molecule has 1 aromatic carbocycles. The largest absolute Gasteiger partial charge is 0.478 e. The normalized spacial score (nSPS) is 11.4. The van der Waals surface area contributed by atoms with Crippen LogP contribution in [-0.2, 0) is 9.68 Å². The van der Waals surface area contributed by atoms with Gasteiger partial charge >= 0.3 is 5.97 Å². The van der Waals surface area contributed by atoms with Gasteiger partial charge < -0.3 is 14.8 Å². The Bertz CT molecular complexity index is 520. The van der Waals surface area contributed by atoms with E-state index >= 15 is 0 Å². The number of hydrogen-bond donors (Lipinski definition) is 1. The molecule has 0 aliphatic carbocycles. The van der Waals surface area contributed by atoms with Crippen LogP contribution in [0, 0.1) is 20.2 Å². The molecule has 0 radical (unpaired) electrons. The van der Waals surface area contributed by atoms with E-state index in [2.05, 4.69) is 9.68 Å². The Morgan fingerprint density at radius 2 is 1.86 bits per heavy atom. The van der Waals surface area contributed by atoms with Gasteiger partial charge in [0.2, 0.25) is 0 Å². The smallest absolute Gasteiger partial charge is 0.335 e. The molecule has 11 heteroatoms. The number of carbonyl (C=O) groups is 1. The zero-order valence-corrected chi connectivity index (χ0v) is 11.2. The maximum atomic E-state index is 10.7. The van der Waals surface area contributed by atoms with E-state index in [1.165, 1.54) is 24.3 Å². The van der Waals surface area contributed by atoms with Gasteiger partial charge in [-0.2, -0.15) is 0 Å². The summed E-state index contributed by atoms with van der Waals surface area (Å²) in [6, 6.07) is 5.79. The van der Waals surface area contributed by atoms with E-state index in [0.717, 1.165) is 11.8 Å². The van der Waals surface area contributed by atoms with Crippen molar-refractivity contribution in [3.8, 4) is 0 Å². The van der Waals surface area contributed by atoms with Gasteiger partial charge in [0.25, 0.3) is 10.2 Å². The molecular formula is C10H10N2O8S. The average Bonchev–Trinajstić information content (AvgIpc) is 2.41. The van der Waals surface area contributed by atoms with Gasteiger partial charge in [0.05, 0.1) is 5.56 Å². The van der Waals surface area contributed by atoms with E-state index in [4.69, 9.17) is 5.11 Å². The monoisotopic (exact) mass is 318 g/mol. The molecule has 1 unspecified atom stereocenters. The highest BCUT2D eigenvalue weighted by Gasteiger charge is 2.16. The van der Waals surface area contributed by atoms with E-state index in [1.54, 1.807) is 0 Å². The lowest BCUT2D eigenvalue weighted by molar-refractivity contribution is -0.788. The highest BCUT2D eigenvalue weighted by molar-refractivity contribution is 7.99. The van der Waals surface area contributed by atoms with Gasteiger partial charge in [0.1, 0.15) is 12.7 Å². The van der Waals surface area contributed by atoms with Gasteiger partial charge in [-0.15, -0.1) is 32.0 Å². The first-order valence-corrected chi connectivity index (χ1v) is 6.41. The summed E-state index contributed by atoms with van der Waals surface area (Å²) in [5.74, 6) is -1.04. The molecule has 10 nitrogen and oxygen atoms in total. The van der Waals surface area contributed by atoms with Crippen molar-refractivity contribution in [3.63, 3.8) is 0 Å². The molecule has 1 rings (SSSR count). The minimum Gasteiger partial charge on any atom is -0.478 e. The van der Waals surface area contributed by atoms with Crippen LogP contribution in [0.3, 0.4) is 0 Å². The molecule has 0 aliphatic heterocycles. The first-order valence-electron chi connectivity index (χ1n) is 5.43. The zero-order valence-electron chi connectivity index (χ0n) is 10.4. The SMILES string of the molecule is O=C(O)c1ccc(SCC(CO[N+](=O)[O-])O[N+](=O)[O-])cc1. The summed E-state index contributed by atoms with van der Waals surface area (Å²) in [6.07, 6.45) is -1.12. The third-order valence-electron chi connectivity index (χ3n) is 2.14. The molecule has 1 atom stereocenters. The summed E-state index contributed by atoms with van der Waals surface area (Å²) >= 11 is 1.12. The summed E-state index contributed by atoms with van der Waals surface area (Å²) in [6.45, 7) is -0.575. The van der Waals surface area contributed by atoms with Crippen molar-refractivity contribution < 1.29 is 29.7 Å². The molecular weight excluding hydrogens is 308 g/mol. The number of rotatable bonds is 9. The average molecular weight is 318 g/mol. The lowest BCUT2D eigenvalue weighted by Crippen LogP contribution is -2.26. The van der Waals surface area contributed by atoms with Crippen molar-refractivity contribution in [2.75, 3.05) is 12.4 Å². The Balaban J connectivity index is 2.56. The Kier molecular flexibility index (Phi) is 6.20. The predicted molar refractivity (Wildman–Crippen MR) is 68.9 cm³/mol. The van der Waals surface area contributed by atoms with E-state index in [1.807, 2.05) is 0 Å². The number of carboxylic acids is 1. The lowest BCUT2D eigenvalue weighted by Gasteiger charge is -2.13. The fourth-order valence-electron chi connectivity index (χ4n) is 1.26. The van der Waals surface area contributed by atoms with Crippen molar-refractivity contribution in [2.24, 2.45) is 0 Å². The van der Waals surface area contributed by atoms with Crippen LogP contribution in [0.5, 0.6) is 0 Å². The Labute approximate surface area is 121 Å². The second-order valence-electron chi connectivity index (χ2n) is 3.61. The molecule has 0 bridgehead atoms. The minimum atomic E-state index is -1.12. The number of benzene rings is 1. The number of hydrogen-bond acceptors (Lipinski definition) is 8. The number of carboxylic acid groups (broad SMARTS) is 1. The fraction of sp³-hybridized carbons (Fsp3) is 0.300. The highest BCUT2D eigenvalue weighted by Crippen LogP contribution is 2.20. The van der Waals surface area contributed by atoms with Crippen molar-refractivity contribution in [1.29, 1.82) is 0 Å². The maximum absolute atomic E-state index is 10.7. The van der Waals surface area contributed by atoms with Crippen LogP contribution in [0.25, 0.3) is 0 Å². The van der Waals surface area contributed by atoms with E-state index in [-0.39, 0.29) is 11.3 Å². The molecule has 0 aliphatic rings. The van der Waals surface area contributed by atoms with Crippen molar-refractivity contribution in [1.82, 2.24) is 0 Å². The Morgan fingerprint density at radius 1 is 1.24 bits per heavy atom. The van der Waals surface area contributed by atoms with Gasteiger partial charge in [-0.05, 0) is 24.3 Å². The summed E-state index contributed by atoms with van der Waals surface area (Å²) in [4.78, 5) is 39.9. The minimum absolute atomic E-state index is 0.0290. The Hall–Kier alpha value is -2.56. The van der Waals surface area contributed by atoms with E-state index in [0.29, 0.717) is 4.90 Å². The first-order chi connectivity index (χ1) is 9.88. The summed E-state index contributed by atoms with van der Waals surface area (Å²) in [5, 5.41) is 26.9. The van der Waals surface area contributed by atoms with Crippen molar-refractivity contribution in [2.45, 2.75) is 11.0 Å². The number of thioether (sulfide) groups is 1. The van der Waals surface area contributed by atoms with Crippen LogP contribution in [0.1, 0.15) is 10.4 Å². The molecule has 1 N–H and O–H groups in total. The molecule has 0 saturated carbocycles.